The van der Waals surface area contributed by atoms with Gasteiger partial charge in [-0.2, -0.15) is 13.2 Å². The van der Waals surface area contributed by atoms with Crippen molar-refractivity contribution in [2.24, 2.45) is 11.8 Å². The van der Waals surface area contributed by atoms with E-state index in [9.17, 15) is 17.6 Å². The van der Waals surface area contributed by atoms with E-state index in [-0.39, 0.29) is 36.2 Å². The Kier molecular flexibility index (Phi) is 6.91. The Hall–Kier alpha value is -1.30. The predicted octanol–water partition coefficient (Wildman–Crippen LogP) is 7.19. The van der Waals surface area contributed by atoms with Gasteiger partial charge >= 0.3 is 6.11 Å². The number of hydrogen-bond acceptors (Lipinski definition) is 2. The van der Waals surface area contributed by atoms with E-state index in [1.54, 1.807) is 6.07 Å². The Morgan fingerprint density at radius 2 is 1.67 bits per heavy atom. The molecule has 1 aromatic rings. The Labute approximate surface area is 176 Å². The summed E-state index contributed by atoms with van der Waals surface area (Å²) in [6.07, 6.45) is 6.39. The van der Waals surface area contributed by atoms with Crippen LogP contribution in [-0.4, -0.2) is 18.3 Å². The van der Waals surface area contributed by atoms with Gasteiger partial charge in [0.15, 0.2) is 11.6 Å². The first-order valence-electron chi connectivity index (χ1n) is 11.6. The van der Waals surface area contributed by atoms with Crippen molar-refractivity contribution < 1.29 is 27.0 Å². The first kappa shape index (κ1) is 21.9. The molecule has 0 amide bonds. The van der Waals surface area contributed by atoms with Crippen LogP contribution in [0.15, 0.2) is 12.1 Å². The van der Waals surface area contributed by atoms with E-state index in [0.29, 0.717) is 12.8 Å². The van der Waals surface area contributed by atoms with Gasteiger partial charge in [-0.3, -0.25) is 0 Å². The normalized spacial score (nSPS) is 28.1. The number of aryl methyl sites for hydroxylation is 1. The molecule has 2 aliphatic carbocycles. The molecule has 2 nitrogen and oxygen atoms in total. The minimum absolute atomic E-state index is 0.0628. The lowest BCUT2D eigenvalue weighted by Gasteiger charge is -2.37. The fraction of sp³-hybridized carbons (Fsp3) is 0.750. The topological polar surface area (TPSA) is 18.5 Å². The largest absolute Gasteiger partial charge is 0.487 e. The minimum Gasteiger partial charge on any atom is -0.487 e. The highest BCUT2D eigenvalue weighted by molar-refractivity contribution is 5.37. The van der Waals surface area contributed by atoms with Gasteiger partial charge in [0.2, 0.25) is 5.82 Å². The van der Waals surface area contributed by atoms with Gasteiger partial charge in [0.05, 0.1) is 6.10 Å². The van der Waals surface area contributed by atoms with Crippen LogP contribution in [0.5, 0.6) is 5.75 Å². The van der Waals surface area contributed by atoms with E-state index < -0.39 is 17.7 Å². The zero-order valence-corrected chi connectivity index (χ0v) is 17.5. The predicted molar refractivity (Wildman–Crippen MR) is 107 cm³/mol. The van der Waals surface area contributed by atoms with Crippen molar-refractivity contribution in [2.45, 2.75) is 102 Å². The maximum Gasteiger partial charge on any atom is 0.355 e. The second-order valence-corrected chi connectivity index (χ2v) is 9.38. The average molecular weight is 429 g/mol. The molecule has 0 spiro atoms. The molecule has 4 rings (SSSR count). The maximum atomic E-state index is 14.2. The summed E-state index contributed by atoms with van der Waals surface area (Å²) in [4.78, 5) is 0. The third-order valence-corrected chi connectivity index (χ3v) is 7.25. The van der Waals surface area contributed by atoms with Gasteiger partial charge in [0, 0.05) is 6.42 Å². The van der Waals surface area contributed by atoms with Crippen LogP contribution < -0.4 is 4.74 Å². The van der Waals surface area contributed by atoms with Gasteiger partial charge in [0.25, 0.3) is 0 Å². The Balaban J connectivity index is 1.23. The molecule has 0 bridgehead atoms. The highest BCUT2D eigenvalue weighted by Gasteiger charge is 2.37. The Morgan fingerprint density at radius 3 is 2.40 bits per heavy atom. The van der Waals surface area contributed by atoms with Gasteiger partial charge in [-0.05, 0) is 68.4 Å². The summed E-state index contributed by atoms with van der Waals surface area (Å²) < 4.78 is 67.1. The van der Waals surface area contributed by atoms with Crippen LogP contribution in [0.3, 0.4) is 0 Å². The molecular weight excluding hydrogens is 396 g/mol. The quantitative estimate of drug-likeness (QED) is 0.447. The Bertz CT molecular complexity index is 709. The zero-order chi connectivity index (χ0) is 21.1. The van der Waals surface area contributed by atoms with Crippen LogP contribution in [0.4, 0.5) is 17.6 Å². The van der Waals surface area contributed by atoms with Crippen molar-refractivity contribution in [2.75, 3.05) is 0 Å². The fourth-order valence-electron chi connectivity index (χ4n) is 5.44. The molecule has 1 unspecified atom stereocenters. The van der Waals surface area contributed by atoms with E-state index in [4.69, 9.17) is 9.47 Å². The van der Waals surface area contributed by atoms with Gasteiger partial charge in [0.1, 0.15) is 6.10 Å². The monoisotopic (exact) mass is 428 g/mol. The molecule has 1 atom stereocenters. The summed E-state index contributed by atoms with van der Waals surface area (Å²) >= 11 is 0. The first-order valence-corrected chi connectivity index (χ1v) is 11.6. The van der Waals surface area contributed by atoms with Crippen molar-refractivity contribution in [3.05, 3.63) is 29.3 Å². The number of rotatable bonds is 6. The fourth-order valence-corrected chi connectivity index (χ4v) is 5.44. The van der Waals surface area contributed by atoms with Crippen LogP contribution >= 0.6 is 0 Å². The lowest BCUT2D eigenvalue weighted by atomic mass is 9.76. The molecule has 1 aromatic carbocycles. The molecule has 0 radical (unpaired) electrons. The van der Waals surface area contributed by atoms with Crippen LogP contribution in [0, 0.1) is 23.5 Å². The molecule has 30 heavy (non-hydrogen) atoms. The summed E-state index contributed by atoms with van der Waals surface area (Å²) in [5.41, 5.74) is 0.721. The molecule has 1 heterocycles. The molecule has 6 heteroatoms. The standard InChI is InChI=1S/C24H32F4O2/c25-20-12-10-18-11-13-21(29-23(18)22(20)26)17-8-6-16(7-9-17)14-15-24(27,28)30-19-4-2-1-3-5-19/h10,12,16-17,19,21H,1-9,11,13-15H2. The molecule has 1 aliphatic heterocycles. The van der Waals surface area contributed by atoms with Crippen LogP contribution in [-0.2, 0) is 11.2 Å². The molecule has 2 saturated carbocycles. The van der Waals surface area contributed by atoms with Gasteiger partial charge in [-0.15, -0.1) is 0 Å². The number of fused-ring (bicyclic) bond motifs is 1. The third kappa shape index (κ3) is 5.30. The summed E-state index contributed by atoms with van der Waals surface area (Å²) in [6.45, 7) is 0. The zero-order valence-electron chi connectivity index (χ0n) is 17.5. The number of hydrogen-bond donors (Lipinski definition) is 0. The molecule has 0 aromatic heterocycles. The van der Waals surface area contributed by atoms with Crippen LogP contribution in [0.1, 0.15) is 82.6 Å². The van der Waals surface area contributed by atoms with Crippen molar-refractivity contribution in [1.82, 2.24) is 0 Å². The van der Waals surface area contributed by atoms with E-state index in [2.05, 4.69) is 0 Å². The summed E-state index contributed by atoms with van der Waals surface area (Å²) in [5, 5.41) is 0. The second-order valence-electron chi connectivity index (χ2n) is 9.38. The molecule has 3 aliphatic rings. The lowest BCUT2D eigenvalue weighted by molar-refractivity contribution is -0.271. The number of halogens is 4. The molecule has 168 valence electrons. The van der Waals surface area contributed by atoms with Gasteiger partial charge < -0.3 is 9.47 Å². The molecule has 0 N–H and O–H groups in total. The van der Waals surface area contributed by atoms with E-state index in [1.807, 2.05) is 0 Å². The smallest absolute Gasteiger partial charge is 0.355 e. The first-order chi connectivity index (χ1) is 14.4. The van der Waals surface area contributed by atoms with Crippen LogP contribution in [0.25, 0.3) is 0 Å². The average Bonchev–Trinajstić information content (AvgIpc) is 2.76. The van der Waals surface area contributed by atoms with E-state index >= 15 is 0 Å². The lowest BCUT2D eigenvalue weighted by Crippen LogP contribution is -2.34. The van der Waals surface area contributed by atoms with E-state index in [0.717, 1.165) is 75.8 Å². The SMILES string of the molecule is Fc1ccc2c(c1F)OC(C1CCC(CCC(F)(F)OC3CCCCC3)CC1)CC2. The number of ether oxygens (including phenoxy) is 2. The third-order valence-electron chi connectivity index (χ3n) is 7.25. The minimum atomic E-state index is -3.03. The molecular formula is C24H32F4O2. The maximum absolute atomic E-state index is 14.2. The number of benzene rings is 1. The summed E-state index contributed by atoms with van der Waals surface area (Å²) in [5.74, 6) is -1.17. The Morgan fingerprint density at radius 1 is 0.933 bits per heavy atom. The van der Waals surface area contributed by atoms with Crippen molar-refractivity contribution >= 4 is 0 Å². The van der Waals surface area contributed by atoms with Crippen molar-refractivity contribution in [3.63, 3.8) is 0 Å². The number of alkyl halides is 2. The summed E-state index contributed by atoms with van der Waals surface area (Å²) in [7, 11) is 0. The van der Waals surface area contributed by atoms with Crippen molar-refractivity contribution in [1.29, 1.82) is 0 Å². The summed E-state index contributed by atoms with van der Waals surface area (Å²) in [6, 6.07) is 2.74. The molecule has 2 fully saturated rings. The van der Waals surface area contributed by atoms with Crippen molar-refractivity contribution in [3.8, 4) is 5.75 Å². The van der Waals surface area contributed by atoms with Crippen LogP contribution in [0.2, 0.25) is 0 Å². The molecule has 0 saturated heterocycles. The van der Waals surface area contributed by atoms with Gasteiger partial charge in [-0.25, -0.2) is 4.39 Å². The van der Waals surface area contributed by atoms with E-state index in [1.165, 1.54) is 0 Å². The highest BCUT2D eigenvalue weighted by Crippen LogP contribution is 2.41. The highest BCUT2D eigenvalue weighted by atomic mass is 19.3. The second kappa shape index (κ2) is 9.46. The van der Waals surface area contributed by atoms with Gasteiger partial charge in [-0.1, -0.05) is 38.2 Å².